The molecule has 0 bridgehead atoms. The zero-order valence-corrected chi connectivity index (χ0v) is 10.8. The minimum atomic E-state index is 0.381. The fourth-order valence-electron chi connectivity index (χ4n) is 3.36. The molecule has 1 saturated carbocycles. The van der Waals surface area contributed by atoms with Gasteiger partial charge < -0.3 is 4.79 Å². The van der Waals surface area contributed by atoms with Crippen LogP contribution in [0, 0.1) is 17.8 Å². The normalized spacial score (nSPS) is 32.1. The lowest BCUT2D eigenvalue weighted by Gasteiger charge is -2.33. The number of carbonyl (C=O) groups excluding carboxylic acids is 1. The second-order valence-electron chi connectivity index (χ2n) is 5.82. The van der Waals surface area contributed by atoms with Gasteiger partial charge in [0.25, 0.3) is 0 Å². The Morgan fingerprint density at radius 3 is 2.83 bits per heavy atom. The number of hydrogen-bond donors (Lipinski definition) is 0. The van der Waals surface area contributed by atoms with Crippen LogP contribution in [0.15, 0.2) is 30.3 Å². The monoisotopic (exact) mass is 243 g/mol. The van der Waals surface area contributed by atoms with Crippen LogP contribution < -0.4 is 0 Å². The summed E-state index contributed by atoms with van der Waals surface area (Å²) >= 11 is 0. The van der Waals surface area contributed by atoms with Crippen LogP contribution in [0.3, 0.4) is 0 Å². The molecular formula is C16H21NO. The lowest BCUT2D eigenvalue weighted by atomic mass is 9.92. The average molecular weight is 243 g/mol. The van der Waals surface area contributed by atoms with E-state index in [0.717, 1.165) is 18.9 Å². The third-order valence-electron chi connectivity index (χ3n) is 4.46. The smallest absolute Gasteiger partial charge is 0.123 e. The summed E-state index contributed by atoms with van der Waals surface area (Å²) in [5.74, 6) is 1.84. The Bertz CT molecular complexity index is 403. The molecule has 3 unspecified atom stereocenters. The molecule has 0 N–H and O–H groups in total. The van der Waals surface area contributed by atoms with E-state index in [2.05, 4.69) is 35.2 Å². The second-order valence-corrected chi connectivity index (χ2v) is 5.82. The van der Waals surface area contributed by atoms with Crippen molar-refractivity contribution in [2.45, 2.75) is 25.8 Å². The fraction of sp³-hybridized carbons (Fsp3) is 0.562. The van der Waals surface area contributed by atoms with Gasteiger partial charge in [0.2, 0.25) is 0 Å². The third-order valence-corrected chi connectivity index (χ3v) is 4.46. The van der Waals surface area contributed by atoms with Crippen LogP contribution in [-0.2, 0) is 11.3 Å². The van der Waals surface area contributed by atoms with Crippen molar-refractivity contribution in [2.75, 3.05) is 13.1 Å². The summed E-state index contributed by atoms with van der Waals surface area (Å²) in [5.41, 5.74) is 1.40. The van der Waals surface area contributed by atoms with Crippen molar-refractivity contribution in [2.24, 2.45) is 17.8 Å². The van der Waals surface area contributed by atoms with Gasteiger partial charge in [-0.1, -0.05) is 30.3 Å². The molecular weight excluding hydrogens is 222 g/mol. The van der Waals surface area contributed by atoms with Crippen molar-refractivity contribution in [3.63, 3.8) is 0 Å². The van der Waals surface area contributed by atoms with Gasteiger partial charge in [-0.25, -0.2) is 0 Å². The van der Waals surface area contributed by atoms with Crippen LogP contribution in [0.2, 0.25) is 0 Å². The Balaban J connectivity index is 1.56. The molecule has 0 spiro atoms. The maximum Gasteiger partial charge on any atom is 0.123 e. The van der Waals surface area contributed by atoms with Gasteiger partial charge in [-0.2, -0.15) is 0 Å². The van der Waals surface area contributed by atoms with E-state index < -0.39 is 0 Å². The van der Waals surface area contributed by atoms with Crippen molar-refractivity contribution in [1.82, 2.24) is 4.90 Å². The quantitative estimate of drug-likeness (QED) is 0.758. The van der Waals surface area contributed by atoms with Crippen LogP contribution in [0.25, 0.3) is 0 Å². The number of hydrogen-bond acceptors (Lipinski definition) is 2. The Labute approximate surface area is 109 Å². The molecule has 1 aromatic carbocycles. The van der Waals surface area contributed by atoms with Crippen molar-refractivity contribution < 1.29 is 4.79 Å². The van der Waals surface area contributed by atoms with Crippen molar-refractivity contribution >= 4 is 6.29 Å². The fourth-order valence-corrected chi connectivity index (χ4v) is 3.36. The van der Waals surface area contributed by atoms with E-state index in [1.54, 1.807) is 0 Å². The molecule has 96 valence electrons. The highest BCUT2D eigenvalue weighted by Gasteiger charge is 2.43. The Morgan fingerprint density at radius 2 is 2.11 bits per heavy atom. The van der Waals surface area contributed by atoms with Crippen molar-refractivity contribution in [3.05, 3.63) is 35.9 Å². The molecule has 18 heavy (non-hydrogen) atoms. The molecule has 2 aliphatic rings. The maximum absolute atomic E-state index is 10.8. The van der Waals surface area contributed by atoms with Gasteiger partial charge in [-0.15, -0.1) is 0 Å². The van der Waals surface area contributed by atoms with E-state index in [1.165, 1.54) is 37.8 Å². The van der Waals surface area contributed by atoms with Gasteiger partial charge in [-0.05, 0) is 43.2 Å². The van der Waals surface area contributed by atoms with Gasteiger partial charge in [0.1, 0.15) is 6.29 Å². The average Bonchev–Trinajstić information content (AvgIpc) is 3.20. The van der Waals surface area contributed by atoms with Crippen molar-refractivity contribution in [1.29, 1.82) is 0 Å². The Morgan fingerprint density at radius 1 is 1.28 bits per heavy atom. The SMILES string of the molecule is O=CC1CC1C1CCCN(Cc2ccccc2)C1. The van der Waals surface area contributed by atoms with E-state index in [9.17, 15) is 4.79 Å². The zero-order chi connectivity index (χ0) is 12.4. The summed E-state index contributed by atoms with van der Waals surface area (Å²) in [5, 5.41) is 0. The first-order valence-corrected chi connectivity index (χ1v) is 7.08. The predicted molar refractivity (Wildman–Crippen MR) is 72.1 cm³/mol. The zero-order valence-electron chi connectivity index (χ0n) is 10.8. The molecule has 0 aromatic heterocycles. The largest absolute Gasteiger partial charge is 0.303 e. The standard InChI is InChI=1S/C16H21NO/c18-12-15-9-16(15)14-7-4-8-17(11-14)10-13-5-2-1-3-6-13/h1-3,5-6,12,14-16H,4,7-11H2. The van der Waals surface area contributed by atoms with Crippen LogP contribution in [0.5, 0.6) is 0 Å². The van der Waals surface area contributed by atoms with Gasteiger partial charge in [-0.3, -0.25) is 4.90 Å². The molecule has 2 heteroatoms. The molecule has 3 atom stereocenters. The lowest BCUT2D eigenvalue weighted by Crippen LogP contribution is -2.36. The lowest BCUT2D eigenvalue weighted by molar-refractivity contribution is -0.109. The topological polar surface area (TPSA) is 20.3 Å². The molecule has 1 saturated heterocycles. The maximum atomic E-state index is 10.8. The molecule has 3 rings (SSSR count). The third kappa shape index (κ3) is 2.64. The van der Waals surface area contributed by atoms with Crippen LogP contribution in [0.1, 0.15) is 24.8 Å². The van der Waals surface area contributed by atoms with E-state index in [0.29, 0.717) is 11.8 Å². The molecule has 2 nitrogen and oxygen atoms in total. The summed E-state index contributed by atoms with van der Waals surface area (Å²) in [6.45, 7) is 3.46. The predicted octanol–water partition coefficient (Wildman–Crippen LogP) is 2.73. The highest BCUT2D eigenvalue weighted by atomic mass is 16.1. The van der Waals surface area contributed by atoms with E-state index in [4.69, 9.17) is 0 Å². The summed E-state index contributed by atoms with van der Waals surface area (Å²) < 4.78 is 0. The second kappa shape index (κ2) is 5.23. The summed E-state index contributed by atoms with van der Waals surface area (Å²) in [7, 11) is 0. The van der Waals surface area contributed by atoms with E-state index in [-0.39, 0.29) is 0 Å². The first-order valence-electron chi connectivity index (χ1n) is 7.08. The van der Waals surface area contributed by atoms with E-state index in [1.807, 2.05) is 0 Å². The molecule has 1 aliphatic carbocycles. The molecule has 0 amide bonds. The molecule has 0 radical (unpaired) electrons. The van der Waals surface area contributed by atoms with Gasteiger partial charge >= 0.3 is 0 Å². The number of benzene rings is 1. The minimum Gasteiger partial charge on any atom is -0.303 e. The number of nitrogens with zero attached hydrogens (tertiary/aromatic N) is 1. The summed E-state index contributed by atoms with van der Waals surface area (Å²) in [6, 6.07) is 10.7. The molecule has 1 aliphatic heterocycles. The van der Waals surface area contributed by atoms with Crippen LogP contribution in [0.4, 0.5) is 0 Å². The van der Waals surface area contributed by atoms with Gasteiger partial charge in [0.15, 0.2) is 0 Å². The van der Waals surface area contributed by atoms with Gasteiger partial charge in [0, 0.05) is 19.0 Å². The Hall–Kier alpha value is -1.15. The first-order chi connectivity index (χ1) is 8.86. The number of likely N-dealkylation sites (tertiary alicyclic amines) is 1. The molecule has 1 heterocycles. The highest BCUT2D eigenvalue weighted by molar-refractivity contribution is 5.58. The highest BCUT2D eigenvalue weighted by Crippen LogP contribution is 2.45. The summed E-state index contributed by atoms with van der Waals surface area (Å²) in [4.78, 5) is 13.3. The van der Waals surface area contributed by atoms with E-state index >= 15 is 0 Å². The molecule has 2 fully saturated rings. The van der Waals surface area contributed by atoms with Gasteiger partial charge in [0.05, 0.1) is 0 Å². The number of aldehydes is 1. The summed E-state index contributed by atoms with van der Waals surface area (Å²) in [6.07, 6.45) is 4.92. The van der Waals surface area contributed by atoms with Crippen LogP contribution in [-0.4, -0.2) is 24.3 Å². The molecule has 1 aromatic rings. The minimum absolute atomic E-state index is 0.381. The number of carbonyl (C=O) groups is 1. The van der Waals surface area contributed by atoms with Crippen molar-refractivity contribution in [3.8, 4) is 0 Å². The first kappa shape index (κ1) is 11.9. The van der Waals surface area contributed by atoms with Crippen LogP contribution >= 0.6 is 0 Å². The number of piperidine rings is 1. The number of rotatable bonds is 4. The Kier molecular flexibility index (Phi) is 3.46.